The van der Waals surface area contributed by atoms with Crippen LogP contribution in [0.15, 0.2) is 30.3 Å². The van der Waals surface area contributed by atoms with Gasteiger partial charge in [0, 0.05) is 18.8 Å². The summed E-state index contributed by atoms with van der Waals surface area (Å²) in [4.78, 5) is 0. The van der Waals surface area contributed by atoms with Gasteiger partial charge in [-0.1, -0.05) is 37.3 Å². The molecule has 0 radical (unpaired) electrons. The fourth-order valence-corrected chi connectivity index (χ4v) is 3.05. The fraction of sp³-hybridized carbons (Fsp3) is 0.455. The van der Waals surface area contributed by atoms with E-state index < -0.39 is 0 Å². The molecule has 76 valence electrons. The van der Waals surface area contributed by atoms with Gasteiger partial charge >= 0.3 is 0 Å². The van der Waals surface area contributed by atoms with Crippen molar-refractivity contribution in [1.82, 2.24) is 10.4 Å². The predicted octanol–water partition coefficient (Wildman–Crippen LogP) is 2.26. The molecule has 1 aliphatic rings. The SMILES string of the molecule is CC1CN(C)NC(c2ccccc2)S1. The Kier molecular flexibility index (Phi) is 3.11. The molecule has 1 aromatic rings. The monoisotopic (exact) mass is 208 g/mol. The minimum absolute atomic E-state index is 0.407. The number of hydrogen-bond donors (Lipinski definition) is 1. The number of rotatable bonds is 1. The van der Waals surface area contributed by atoms with Gasteiger partial charge in [-0.25, -0.2) is 10.4 Å². The molecule has 2 nitrogen and oxygen atoms in total. The number of nitrogens with one attached hydrogen (secondary N) is 1. The lowest BCUT2D eigenvalue weighted by molar-refractivity contribution is 0.219. The Hall–Kier alpha value is -0.510. The number of nitrogens with zero attached hydrogens (tertiary/aromatic N) is 1. The zero-order valence-corrected chi connectivity index (χ0v) is 9.42. The van der Waals surface area contributed by atoms with Crippen molar-refractivity contribution < 1.29 is 0 Å². The molecule has 2 rings (SSSR count). The average Bonchev–Trinajstić information content (AvgIpc) is 2.18. The Morgan fingerprint density at radius 2 is 2.07 bits per heavy atom. The fourth-order valence-electron chi connectivity index (χ4n) is 1.73. The molecular formula is C11H16N2S. The van der Waals surface area contributed by atoms with E-state index in [4.69, 9.17) is 0 Å². The second-order valence-electron chi connectivity index (χ2n) is 3.75. The van der Waals surface area contributed by atoms with Crippen molar-refractivity contribution in [3.8, 4) is 0 Å². The Morgan fingerprint density at radius 1 is 1.36 bits per heavy atom. The minimum Gasteiger partial charge on any atom is -0.245 e. The van der Waals surface area contributed by atoms with Gasteiger partial charge in [0.2, 0.25) is 0 Å². The number of benzene rings is 1. The Bertz CT molecular complexity index is 279. The molecule has 0 aliphatic carbocycles. The van der Waals surface area contributed by atoms with E-state index in [2.05, 4.69) is 54.7 Å². The maximum Gasteiger partial charge on any atom is 0.0921 e. The second kappa shape index (κ2) is 4.34. The van der Waals surface area contributed by atoms with E-state index in [0.29, 0.717) is 10.6 Å². The number of hydrazine groups is 1. The lowest BCUT2D eigenvalue weighted by Crippen LogP contribution is -2.44. The molecule has 1 fully saturated rings. The van der Waals surface area contributed by atoms with Gasteiger partial charge in [0.15, 0.2) is 0 Å². The van der Waals surface area contributed by atoms with Gasteiger partial charge in [0.05, 0.1) is 5.37 Å². The third-order valence-electron chi connectivity index (χ3n) is 2.34. The van der Waals surface area contributed by atoms with Gasteiger partial charge in [-0.15, -0.1) is 11.8 Å². The largest absolute Gasteiger partial charge is 0.245 e. The van der Waals surface area contributed by atoms with E-state index in [9.17, 15) is 0 Å². The zero-order valence-electron chi connectivity index (χ0n) is 8.60. The van der Waals surface area contributed by atoms with E-state index in [0.717, 1.165) is 6.54 Å². The third kappa shape index (κ3) is 2.29. The Labute approximate surface area is 89.7 Å². The molecule has 2 unspecified atom stereocenters. The molecule has 1 aromatic carbocycles. The Morgan fingerprint density at radius 3 is 2.71 bits per heavy atom. The highest BCUT2D eigenvalue weighted by atomic mass is 32.2. The highest BCUT2D eigenvalue weighted by molar-refractivity contribution is 8.00. The van der Waals surface area contributed by atoms with Crippen molar-refractivity contribution in [2.24, 2.45) is 0 Å². The van der Waals surface area contributed by atoms with Crippen LogP contribution in [0.3, 0.4) is 0 Å². The van der Waals surface area contributed by atoms with Crippen LogP contribution in [0.25, 0.3) is 0 Å². The predicted molar refractivity (Wildman–Crippen MR) is 62.0 cm³/mol. The van der Waals surface area contributed by atoms with Crippen molar-refractivity contribution in [2.75, 3.05) is 13.6 Å². The molecule has 2 atom stereocenters. The number of hydrogen-bond acceptors (Lipinski definition) is 3. The first-order chi connectivity index (χ1) is 6.75. The normalized spacial score (nSPS) is 29.0. The van der Waals surface area contributed by atoms with Crippen molar-refractivity contribution in [3.63, 3.8) is 0 Å². The smallest absolute Gasteiger partial charge is 0.0921 e. The van der Waals surface area contributed by atoms with Crippen LogP contribution in [0.2, 0.25) is 0 Å². The molecule has 14 heavy (non-hydrogen) atoms. The zero-order chi connectivity index (χ0) is 9.97. The topological polar surface area (TPSA) is 15.3 Å². The average molecular weight is 208 g/mol. The van der Waals surface area contributed by atoms with Gasteiger partial charge in [0.1, 0.15) is 0 Å². The van der Waals surface area contributed by atoms with E-state index in [-0.39, 0.29) is 0 Å². The summed E-state index contributed by atoms with van der Waals surface area (Å²) in [6.07, 6.45) is 0. The summed E-state index contributed by atoms with van der Waals surface area (Å²) >= 11 is 1.99. The summed E-state index contributed by atoms with van der Waals surface area (Å²) in [6.45, 7) is 3.38. The van der Waals surface area contributed by atoms with Gasteiger partial charge in [-0.05, 0) is 5.56 Å². The quantitative estimate of drug-likeness (QED) is 0.762. The molecular weight excluding hydrogens is 192 g/mol. The lowest BCUT2D eigenvalue weighted by Gasteiger charge is -2.34. The molecule has 0 aromatic heterocycles. The standard InChI is InChI=1S/C11H16N2S/c1-9-8-13(2)12-11(14-9)10-6-4-3-5-7-10/h3-7,9,11-12H,8H2,1-2H3. The molecule has 0 spiro atoms. The van der Waals surface area contributed by atoms with E-state index in [1.165, 1.54) is 5.56 Å². The van der Waals surface area contributed by atoms with Gasteiger partial charge in [-0.2, -0.15) is 0 Å². The lowest BCUT2D eigenvalue weighted by atomic mass is 10.2. The summed E-state index contributed by atoms with van der Waals surface area (Å²) in [7, 11) is 2.10. The van der Waals surface area contributed by atoms with Crippen LogP contribution in [-0.2, 0) is 0 Å². The van der Waals surface area contributed by atoms with Gasteiger partial charge in [-0.3, -0.25) is 0 Å². The van der Waals surface area contributed by atoms with Crippen molar-refractivity contribution in [1.29, 1.82) is 0 Å². The maximum atomic E-state index is 3.46. The maximum absolute atomic E-state index is 3.46. The van der Waals surface area contributed by atoms with Crippen LogP contribution in [0.1, 0.15) is 17.9 Å². The van der Waals surface area contributed by atoms with E-state index >= 15 is 0 Å². The van der Waals surface area contributed by atoms with Crippen LogP contribution in [0.4, 0.5) is 0 Å². The van der Waals surface area contributed by atoms with Crippen LogP contribution in [0.5, 0.6) is 0 Å². The first kappa shape index (κ1) is 10.0. The molecule has 3 heteroatoms. The first-order valence-electron chi connectivity index (χ1n) is 4.93. The second-order valence-corrected chi connectivity index (χ2v) is 5.30. The summed E-state index contributed by atoms with van der Waals surface area (Å²) in [5.74, 6) is 0. The van der Waals surface area contributed by atoms with Crippen LogP contribution >= 0.6 is 11.8 Å². The molecule has 1 N–H and O–H groups in total. The minimum atomic E-state index is 0.407. The summed E-state index contributed by atoms with van der Waals surface area (Å²) < 4.78 is 0. The summed E-state index contributed by atoms with van der Waals surface area (Å²) in [6, 6.07) is 10.6. The Balaban J connectivity index is 2.11. The van der Waals surface area contributed by atoms with E-state index in [1.807, 2.05) is 11.8 Å². The molecule has 1 saturated heterocycles. The summed E-state index contributed by atoms with van der Waals surface area (Å²) in [5.41, 5.74) is 4.82. The van der Waals surface area contributed by atoms with Crippen LogP contribution in [0, 0.1) is 0 Å². The van der Waals surface area contributed by atoms with Crippen LogP contribution < -0.4 is 5.43 Å². The molecule has 1 heterocycles. The highest BCUT2D eigenvalue weighted by Gasteiger charge is 2.23. The first-order valence-corrected chi connectivity index (χ1v) is 5.87. The highest BCUT2D eigenvalue weighted by Crippen LogP contribution is 2.32. The van der Waals surface area contributed by atoms with Gasteiger partial charge in [0.25, 0.3) is 0 Å². The number of thioether (sulfide) groups is 1. The van der Waals surface area contributed by atoms with Crippen LogP contribution in [-0.4, -0.2) is 23.9 Å². The molecule has 1 aliphatic heterocycles. The van der Waals surface area contributed by atoms with Gasteiger partial charge < -0.3 is 0 Å². The molecule has 0 saturated carbocycles. The molecule has 0 bridgehead atoms. The summed E-state index contributed by atoms with van der Waals surface area (Å²) in [5, 5.41) is 3.27. The van der Waals surface area contributed by atoms with Crippen molar-refractivity contribution >= 4 is 11.8 Å². The third-order valence-corrected chi connectivity index (χ3v) is 3.60. The van der Waals surface area contributed by atoms with Crippen molar-refractivity contribution in [3.05, 3.63) is 35.9 Å². The molecule has 0 amide bonds. The van der Waals surface area contributed by atoms with E-state index in [1.54, 1.807) is 0 Å². The van der Waals surface area contributed by atoms with Crippen molar-refractivity contribution in [2.45, 2.75) is 17.5 Å².